The zero-order valence-electron chi connectivity index (χ0n) is 10.1. The minimum Gasteiger partial charge on any atom is -0.492 e. The molecule has 1 aromatic rings. The lowest BCUT2D eigenvalue weighted by Gasteiger charge is -2.09. The average Bonchev–Trinajstić information content (AvgIpc) is 2.81. The van der Waals surface area contributed by atoms with E-state index in [0.29, 0.717) is 30.4 Å². The predicted molar refractivity (Wildman–Crippen MR) is 64.7 cm³/mol. The molecule has 1 aliphatic rings. The van der Waals surface area contributed by atoms with Crippen molar-refractivity contribution in [1.29, 1.82) is 0 Å². The number of hydrogen-bond donors (Lipinski definition) is 2. The number of benzene rings is 1. The van der Waals surface area contributed by atoms with Crippen LogP contribution in [-0.4, -0.2) is 31.9 Å². The second kappa shape index (κ2) is 5.59. The Morgan fingerprint density at radius 1 is 1.50 bits per heavy atom. The first-order valence-corrected chi connectivity index (χ1v) is 5.72. The van der Waals surface area contributed by atoms with Crippen LogP contribution in [0.1, 0.15) is 6.92 Å². The Bertz CT molecular complexity index is 434. The fourth-order valence-corrected chi connectivity index (χ4v) is 1.47. The number of amides is 1. The molecule has 1 heterocycles. The van der Waals surface area contributed by atoms with Crippen molar-refractivity contribution >= 4 is 5.91 Å². The number of fused-ring (bicyclic) bond motifs is 1. The molecule has 6 heteroatoms. The van der Waals surface area contributed by atoms with Gasteiger partial charge < -0.3 is 25.3 Å². The minimum absolute atomic E-state index is 0.190. The van der Waals surface area contributed by atoms with Gasteiger partial charge in [-0.15, -0.1) is 0 Å². The lowest BCUT2D eigenvalue weighted by molar-refractivity contribution is -0.122. The van der Waals surface area contributed by atoms with Crippen molar-refractivity contribution in [3.63, 3.8) is 0 Å². The van der Waals surface area contributed by atoms with Crippen molar-refractivity contribution in [3.05, 3.63) is 18.2 Å². The predicted octanol–water partition coefficient (Wildman–Crippen LogP) is 0.257. The fourth-order valence-electron chi connectivity index (χ4n) is 1.47. The van der Waals surface area contributed by atoms with Crippen LogP contribution in [0.15, 0.2) is 18.2 Å². The van der Waals surface area contributed by atoms with E-state index in [4.69, 9.17) is 19.9 Å². The molecule has 0 saturated heterocycles. The van der Waals surface area contributed by atoms with Gasteiger partial charge in [-0.05, 0) is 19.1 Å². The summed E-state index contributed by atoms with van der Waals surface area (Å²) in [5, 5.41) is 2.66. The highest BCUT2D eigenvalue weighted by atomic mass is 16.7. The molecule has 98 valence electrons. The molecule has 0 saturated carbocycles. The monoisotopic (exact) mass is 252 g/mol. The Morgan fingerprint density at radius 3 is 3.06 bits per heavy atom. The maximum atomic E-state index is 11.2. The van der Waals surface area contributed by atoms with Gasteiger partial charge in [0.25, 0.3) is 0 Å². The van der Waals surface area contributed by atoms with Crippen LogP contribution in [0.4, 0.5) is 0 Å². The second-order valence-corrected chi connectivity index (χ2v) is 3.94. The van der Waals surface area contributed by atoms with Crippen molar-refractivity contribution in [2.75, 3.05) is 19.9 Å². The highest BCUT2D eigenvalue weighted by Crippen LogP contribution is 2.34. The molecule has 6 nitrogen and oxygen atoms in total. The maximum Gasteiger partial charge on any atom is 0.236 e. The maximum absolute atomic E-state index is 11.2. The molecule has 0 radical (unpaired) electrons. The Labute approximate surface area is 105 Å². The minimum atomic E-state index is -0.504. The van der Waals surface area contributed by atoms with E-state index in [1.165, 1.54) is 0 Å². The smallest absolute Gasteiger partial charge is 0.236 e. The lowest BCUT2D eigenvalue weighted by Crippen LogP contribution is -2.40. The third-order valence-corrected chi connectivity index (χ3v) is 2.43. The van der Waals surface area contributed by atoms with Gasteiger partial charge in [0.05, 0.1) is 12.6 Å². The third-order valence-electron chi connectivity index (χ3n) is 2.43. The molecule has 18 heavy (non-hydrogen) atoms. The summed E-state index contributed by atoms with van der Waals surface area (Å²) >= 11 is 0. The van der Waals surface area contributed by atoms with Crippen LogP contribution in [-0.2, 0) is 4.79 Å². The van der Waals surface area contributed by atoms with Crippen LogP contribution in [0.3, 0.4) is 0 Å². The van der Waals surface area contributed by atoms with Crippen molar-refractivity contribution in [1.82, 2.24) is 5.32 Å². The van der Waals surface area contributed by atoms with Crippen LogP contribution in [0.25, 0.3) is 0 Å². The van der Waals surface area contributed by atoms with E-state index >= 15 is 0 Å². The van der Waals surface area contributed by atoms with Gasteiger partial charge in [-0.2, -0.15) is 0 Å². The van der Waals surface area contributed by atoms with Gasteiger partial charge in [0, 0.05) is 6.07 Å². The average molecular weight is 252 g/mol. The van der Waals surface area contributed by atoms with Crippen LogP contribution < -0.4 is 25.3 Å². The van der Waals surface area contributed by atoms with Crippen molar-refractivity contribution < 1.29 is 19.0 Å². The highest BCUT2D eigenvalue weighted by molar-refractivity contribution is 5.80. The Hall–Kier alpha value is -1.95. The van der Waals surface area contributed by atoms with Crippen LogP contribution in [0.5, 0.6) is 17.2 Å². The molecule has 2 rings (SSSR count). The van der Waals surface area contributed by atoms with Crippen molar-refractivity contribution in [2.24, 2.45) is 5.73 Å². The van der Waals surface area contributed by atoms with Gasteiger partial charge >= 0.3 is 0 Å². The molecule has 0 bridgehead atoms. The molecule has 0 fully saturated rings. The number of hydrogen-bond acceptors (Lipinski definition) is 5. The number of carbonyl (C=O) groups excluding carboxylic acids is 1. The molecule has 3 N–H and O–H groups in total. The van der Waals surface area contributed by atoms with Gasteiger partial charge in [0.2, 0.25) is 12.7 Å². The molecular weight excluding hydrogens is 236 g/mol. The number of nitrogens with two attached hydrogens (primary N) is 1. The number of nitrogens with one attached hydrogen (secondary N) is 1. The fraction of sp³-hybridized carbons (Fsp3) is 0.417. The SMILES string of the molecule is C[C@@H](N)C(=O)NCCOc1ccc2c(c1)OCO2. The quantitative estimate of drug-likeness (QED) is 0.734. The first-order chi connectivity index (χ1) is 8.66. The summed E-state index contributed by atoms with van der Waals surface area (Å²) in [6.45, 7) is 2.66. The standard InChI is InChI=1S/C12H16N2O4/c1-8(13)12(15)14-4-5-16-9-2-3-10-11(6-9)18-7-17-10/h2-3,6,8H,4-5,7,13H2,1H3,(H,14,15)/t8-/m1/s1. The summed E-state index contributed by atoms with van der Waals surface area (Å²) in [5.74, 6) is 1.87. The first kappa shape index (κ1) is 12.5. The lowest BCUT2D eigenvalue weighted by atomic mass is 10.3. The molecule has 1 atom stereocenters. The zero-order chi connectivity index (χ0) is 13.0. The van der Waals surface area contributed by atoms with E-state index in [0.717, 1.165) is 0 Å². The number of rotatable bonds is 5. The molecule has 0 aliphatic carbocycles. The van der Waals surface area contributed by atoms with Crippen LogP contribution >= 0.6 is 0 Å². The van der Waals surface area contributed by atoms with Gasteiger partial charge in [-0.25, -0.2) is 0 Å². The second-order valence-electron chi connectivity index (χ2n) is 3.94. The Balaban J connectivity index is 1.75. The van der Waals surface area contributed by atoms with E-state index in [1.807, 2.05) is 0 Å². The Kier molecular flexibility index (Phi) is 3.88. The van der Waals surface area contributed by atoms with E-state index in [9.17, 15) is 4.79 Å². The summed E-state index contributed by atoms with van der Waals surface area (Å²) in [4.78, 5) is 11.2. The zero-order valence-corrected chi connectivity index (χ0v) is 10.1. The van der Waals surface area contributed by atoms with Crippen molar-refractivity contribution in [3.8, 4) is 17.2 Å². The summed E-state index contributed by atoms with van der Waals surface area (Å²) in [6, 6.07) is 4.84. The van der Waals surface area contributed by atoms with Gasteiger partial charge in [-0.1, -0.05) is 0 Å². The molecule has 1 aliphatic heterocycles. The summed E-state index contributed by atoms with van der Waals surface area (Å²) in [5.41, 5.74) is 5.41. The van der Waals surface area contributed by atoms with Gasteiger partial charge in [0.1, 0.15) is 12.4 Å². The first-order valence-electron chi connectivity index (χ1n) is 5.72. The van der Waals surface area contributed by atoms with Crippen molar-refractivity contribution in [2.45, 2.75) is 13.0 Å². The summed E-state index contributed by atoms with van der Waals surface area (Å²) < 4.78 is 15.9. The summed E-state index contributed by atoms with van der Waals surface area (Å²) in [6.07, 6.45) is 0. The molecule has 1 aromatic carbocycles. The van der Waals surface area contributed by atoms with E-state index in [2.05, 4.69) is 5.32 Å². The largest absolute Gasteiger partial charge is 0.492 e. The number of carbonyl (C=O) groups is 1. The molecular formula is C12H16N2O4. The Morgan fingerprint density at radius 2 is 2.28 bits per heavy atom. The topological polar surface area (TPSA) is 82.8 Å². The van der Waals surface area contributed by atoms with Crippen LogP contribution in [0, 0.1) is 0 Å². The molecule has 0 unspecified atom stereocenters. The van der Waals surface area contributed by atoms with E-state index in [-0.39, 0.29) is 12.7 Å². The highest BCUT2D eigenvalue weighted by Gasteiger charge is 2.13. The number of ether oxygens (including phenoxy) is 3. The molecule has 1 amide bonds. The molecule has 0 spiro atoms. The summed E-state index contributed by atoms with van der Waals surface area (Å²) in [7, 11) is 0. The van der Waals surface area contributed by atoms with Gasteiger partial charge in [0.15, 0.2) is 11.5 Å². The third kappa shape index (κ3) is 3.04. The molecule has 0 aromatic heterocycles. The van der Waals surface area contributed by atoms with Gasteiger partial charge in [-0.3, -0.25) is 4.79 Å². The van der Waals surface area contributed by atoms with E-state index in [1.54, 1.807) is 25.1 Å². The van der Waals surface area contributed by atoms with Crippen LogP contribution in [0.2, 0.25) is 0 Å². The van der Waals surface area contributed by atoms with E-state index < -0.39 is 6.04 Å². The normalized spacial score (nSPS) is 14.1.